The fraction of sp³-hybridized carbons (Fsp3) is 0.357. The van der Waals surface area contributed by atoms with E-state index in [1.165, 1.54) is 10.4 Å². The lowest BCUT2D eigenvalue weighted by Gasteiger charge is -2.21. The molecule has 1 saturated carbocycles. The number of carbonyl (C=O) groups excluding carboxylic acids is 1. The summed E-state index contributed by atoms with van der Waals surface area (Å²) in [5.41, 5.74) is -0.173. The SMILES string of the molecule is C=CCN(C1CC1)S(=O)(=O)c1cc(F)ccc1C(=O)OC. The largest absolute Gasteiger partial charge is 0.465 e. The molecule has 0 N–H and O–H groups in total. The first kappa shape index (κ1) is 15.7. The fourth-order valence-corrected chi connectivity index (χ4v) is 3.90. The van der Waals surface area contributed by atoms with Crippen molar-refractivity contribution in [2.24, 2.45) is 0 Å². The highest BCUT2D eigenvalue weighted by atomic mass is 32.2. The van der Waals surface area contributed by atoms with Crippen molar-refractivity contribution in [1.82, 2.24) is 4.31 Å². The summed E-state index contributed by atoms with van der Waals surface area (Å²) < 4.78 is 44.7. The Balaban J connectivity index is 2.54. The van der Waals surface area contributed by atoms with E-state index >= 15 is 0 Å². The monoisotopic (exact) mass is 313 g/mol. The number of hydrogen-bond donors (Lipinski definition) is 0. The van der Waals surface area contributed by atoms with Crippen molar-refractivity contribution >= 4 is 16.0 Å². The van der Waals surface area contributed by atoms with Crippen LogP contribution in [0.4, 0.5) is 4.39 Å². The van der Waals surface area contributed by atoms with Crippen molar-refractivity contribution in [3.63, 3.8) is 0 Å². The van der Waals surface area contributed by atoms with Gasteiger partial charge in [0.1, 0.15) is 5.82 Å². The quantitative estimate of drug-likeness (QED) is 0.595. The number of hydrogen-bond acceptors (Lipinski definition) is 4. The van der Waals surface area contributed by atoms with Crippen molar-refractivity contribution in [3.05, 3.63) is 42.2 Å². The molecule has 1 aromatic carbocycles. The second kappa shape index (κ2) is 5.95. The highest BCUT2D eigenvalue weighted by Crippen LogP contribution is 2.33. The van der Waals surface area contributed by atoms with Gasteiger partial charge in [0.25, 0.3) is 0 Å². The third-order valence-electron chi connectivity index (χ3n) is 3.20. The highest BCUT2D eigenvalue weighted by molar-refractivity contribution is 7.89. The van der Waals surface area contributed by atoms with Crippen LogP contribution >= 0.6 is 0 Å². The van der Waals surface area contributed by atoms with Gasteiger partial charge in [-0.05, 0) is 31.0 Å². The molecule has 0 aliphatic heterocycles. The fourth-order valence-electron chi connectivity index (χ4n) is 2.05. The number of rotatable bonds is 6. The second-order valence-corrected chi connectivity index (χ2v) is 6.59. The van der Waals surface area contributed by atoms with Crippen LogP contribution in [0.25, 0.3) is 0 Å². The van der Waals surface area contributed by atoms with E-state index in [0.29, 0.717) is 0 Å². The molecule has 0 bridgehead atoms. The van der Waals surface area contributed by atoms with E-state index in [1.54, 1.807) is 0 Å². The Bertz CT molecular complexity index is 668. The van der Waals surface area contributed by atoms with E-state index < -0.39 is 21.8 Å². The summed E-state index contributed by atoms with van der Waals surface area (Å²) in [5.74, 6) is -1.54. The molecule has 21 heavy (non-hydrogen) atoms. The molecule has 114 valence electrons. The minimum atomic E-state index is -3.99. The molecule has 0 heterocycles. The van der Waals surface area contributed by atoms with Crippen molar-refractivity contribution in [1.29, 1.82) is 0 Å². The maximum absolute atomic E-state index is 13.5. The van der Waals surface area contributed by atoms with Gasteiger partial charge in [-0.25, -0.2) is 17.6 Å². The van der Waals surface area contributed by atoms with Crippen LogP contribution in [-0.4, -0.2) is 38.4 Å². The van der Waals surface area contributed by atoms with Crippen LogP contribution in [0.15, 0.2) is 35.7 Å². The summed E-state index contributed by atoms with van der Waals surface area (Å²) in [5, 5.41) is 0. The molecule has 0 radical (unpaired) electrons. The van der Waals surface area contributed by atoms with Gasteiger partial charge in [0.2, 0.25) is 10.0 Å². The summed E-state index contributed by atoms with van der Waals surface area (Å²) >= 11 is 0. The Hall–Kier alpha value is -1.73. The minimum Gasteiger partial charge on any atom is -0.465 e. The predicted molar refractivity (Wildman–Crippen MR) is 74.9 cm³/mol. The number of carbonyl (C=O) groups is 1. The van der Waals surface area contributed by atoms with Crippen molar-refractivity contribution < 1.29 is 22.3 Å². The predicted octanol–water partition coefficient (Wildman–Crippen LogP) is 1.95. The normalized spacial score (nSPS) is 15.0. The smallest absolute Gasteiger partial charge is 0.339 e. The van der Waals surface area contributed by atoms with Crippen LogP contribution in [0.2, 0.25) is 0 Å². The Kier molecular flexibility index (Phi) is 4.43. The number of methoxy groups -OCH3 is 1. The Morgan fingerprint density at radius 2 is 2.19 bits per heavy atom. The summed E-state index contributed by atoms with van der Waals surface area (Å²) in [6, 6.07) is 2.87. The van der Waals surface area contributed by atoms with Gasteiger partial charge in [-0.1, -0.05) is 6.08 Å². The van der Waals surface area contributed by atoms with Gasteiger partial charge in [0, 0.05) is 12.6 Å². The van der Waals surface area contributed by atoms with Crippen LogP contribution < -0.4 is 0 Å². The topological polar surface area (TPSA) is 63.7 Å². The average molecular weight is 313 g/mol. The molecule has 0 aromatic heterocycles. The third kappa shape index (κ3) is 3.14. The van der Waals surface area contributed by atoms with Crippen molar-refractivity contribution in [3.8, 4) is 0 Å². The Morgan fingerprint density at radius 3 is 2.71 bits per heavy atom. The van der Waals surface area contributed by atoms with Gasteiger partial charge in [-0.2, -0.15) is 4.31 Å². The van der Waals surface area contributed by atoms with Gasteiger partial charge in [0.05, 0.1) is 17.6 Å². The lowest BCUT2D eigenvalue weighted by Crippen LogP contribution is -2.34. The molecule has 1 aliphatic carbocycles. The molecule has 0 spiro atoms. The van der Waals surface area contributed by atoms with Crippen molar-refractivity contribution in [2.45, 2.75) is 23.8 Å². The maximum Gasteiger partial charge on any atom is 0.339 e. The molecule has 1 aromatic rings. The van der Waals surface area contributed by atoms with Gasteiger partial charge in [0.15, 0.2) is 0 Å². The molecule has 1 fully saturated rings. The second-order valence-electron chi connectivity index (χ2n) is 4.73. The van der Waals surface area contributed by atoms with E-state index in [4.69, 9.17) is 0 Å². The number of ether oxygens (including phenoxy) is 1. The molecule has 0 saturated heterocycles. The standard InChI is InChI=1S/C14H16FNO4S/c1-3-8-16(11-5-6-11)21(18,19)13-9-10(15)4-7-12(13)14(17)20-2/h3-4,7,9,11H,1,5-6,8H2,2H3. The zero-order valence-corrected chi connectivity index (χ0v) is 12.4. The van der Waals surface area contributed by atoms with Crippen LogP contribution in [0, 0.1) is 5.82 Å². The average Bonchev–Trinajstić information content (AvgIpc) is 3.28. The molecule has 0 unspecified atom stereocenters. The molecule has 7 heteroatoms. The highest BCUT2D eigenvalue weighted by Gasteiger charge is 2.39. The van der Waals surface area contributed by atoms with E-state index in [2.05, 4.69) is 11.3 Å². The Labute approximate surface area is 123 Å². The van der Waals surface area contributed by atoms with E-state index in [-0.39, 0.29) is 23.0 Å². The third-order valence-corrected chi connectivity index (χ3v) is 5.16. The van der Waals surface area contributed by atoms with E-state index in [1.807, 2.05) is 0 Å². The first-order chi connectivity index (χ1) is 9.91. The van der Waals surface area contributed by atoms with Gasteiger partial charge in [-0.3, -0.25) is 0 Å². The Morgan fingerprint density at radius 1 is 1.52 bits per heavy atom. The van der Waals surface area contributed by atoms with Crippen LogP contribution in [0.1, 0.15) is 23.2 Å². The summed E-state index contributed by atoms with van der Waals surface area (Å²) in [4.78, 5) is 11.3. The first-order valence-electron chi connectivity index (χ1n) is 6.42. The number of sulfonamides is 1. The van der Waals surface area contributed by atoms with Gasteiger partial charge < -0.3 is 4.74 Å². The molecular formula is C14H16FNO4S. The maximum atomic E-state index is 13.5. The van der Waals surface area contributed by atoms with Crippen molar-refractivity contribution in [2.75, 3.05) is 13.7 Å². The molecule has 0 amide bonds. The molecule has 2 rings (SSSR count). The van der Waals surface area contributed by atoms with Crippen LogP contribution in [0.3, 0.4) is 0 Å². The molecule has 0 atom stereocenters. The number of benzene rings is 1. The van der Waals surface area contributed by atoms with E-state index in [9.17, 15) is 17.6 Å². The molecule has 1 aliphatic rings. The number of esters is 1. The van der Waals surface area contributed by atoms with Gasteiger partial charge >= 0.3 is 5.97 Å². The number of nitrogens with zero attached hydrogens (tertiary/aromatic N) is 1. The molecular weight excluding hydrogens is 297 g/mol. The molecule has 5 nitrogen and oxygen atoms in total. The summed E-state index contributed by atoms with van der Waals surface area (Å²) in [6.07, 6.45) is 2.96. The lowest BCUT2D eigenvalue weighted by molar-refractivity contribution is 0.0596. The summed E-state index contributed by atoms with van der Waals surface area (Å²) in [6.45, 7) is 3.65. The van der Waals surface area contributed by atoms with Crippen LogP contribution in [0.5, 0.6) is 0 Å². The van der Waals surface area contributed by atoms with Gasteiger partial charge in [-0.15, -0.1) is 6.58 Å². The first-order valence-corrected chi connectivity index (χ1v) is 7.86. The van der Waals surface area contributed by atoms with E-state index in [0.717, 1.165) is 38.2 Å². The summed E-state index contributed by atoms with van der Waals surface area (Å²) in [7, 11) is -2.84. The van der Waals surface area contributed by atoms with Crippen LogP contribution in [-0.2, 0) is 14.8 Å². The minimum absolute atomic E-state index is 0.115. The number of halogens is 1. The zero-order chi connectivity index (χ0) is 15.6. The zero-order valence-electron chi connectivity index (χ0n) is 11.6. The lowest BCUT2D eigenvalue weighted by atomic mass is 10.2.